The Morgan fingerprint density at radius 1 is 1.22 bits per heavy atom. The SMILES string of the molecule is C=N/C=C\C(=C/C)C(S/C=C(\C)C(=O)Nc1ccc(Oc2ccccc2F)c(F)c1N1CCC[C@@H]1C(C)N)=C(C)C. The third-order valence-electron chi connectivity index (χ3n) is 6.68. The number of carbonyl (C=O) groups excluding carboxylic acids is 1. The van der Waals surface area contributed by atoms with E-state index in [-0.39, 0.29) is 40.9 Å². The minimum atomic E-state index is -0.693. The van der Waals surface area contributed by atoms with Crippen molar-refractivity contribution in [1.29, 1.82) is 0 Å². The molecule has 0 spiro atoms. The summed E-state index contributed by atoms with van der Waals surface area (Å²) in [6, 6.07) is 8.43. The van der Waals surface area contributed by atoms with Crippen LogP contribution in [-0.4, -0.2) is 31.3 Å². The number of anilines is 2. The predicted molar refractivity (Wildman–Crippen MR) is 168 cm³/mol. The van der Waals surface area contributed by atoms with Gasteiger partial charge in [-0.25, -0.2) is 8.78 Å². The normalized spacial score (nSPS) is 16.6. The molecule has 3 rings (SSSR count). The van der Waals surface area contributed by atoms with Gasteiger partial charge in [0.25, 0.3) is 5.91 Å². The highest BCUT2D eigenvalue weighted by molar-refractivity contribution is 8.06. The fourth-order valence-corrected chi connectivity index (χ4v) is 5.56. The Hall–Kier alpha value is -3.69. The molecule has 0 bridgehead atoms. The lowest BCUT2D eigenvalue weighted by atomic mass is 10.1. The summed E-state index contributed by atoms with van der Waals surface area (Å²) < 4.78 is 36.0. The lowest BCUT2D eigenvalue weighted by molar-refractivity contribution is -0.112. The van der Waals surface area contributed by atoms with Gasteiger partial charge < -0.3 is 20.7 Å². The van der Waals surface area contributed by atoms with Crippen LogP contribution in [0.3, 0.4) is 0 Å². The molecule has 0 aliphatic carbocycles. The van der Waals surface area contributed by atoms with Crippen molar-refractivity contribution in [3.8, 4) is 11.5 Å². The number of benzene rings is 2. The first-order valence-electron chi connectivity index (χ1n) is 13.5. The van der Waals surface area contributed by atoms with Crippen molar-refractivity contribution in [2.24, 2.45) is 10.7 Å². The Morgan fingerprint density at radius 3 is 2.59 bits per heavy atom. The van der Waals surface area contributed by atoms with Gasteiger partial charge in [0.1, 0.15) is 5.69 Å². The number of rotatable bonds is 11. The molecule has 0 radical (unpaired) electrons. The van der Waals surface area contributed by atoms with Crippen LogP contribution in [0.5, 0.6) is 11.5 Å². The number of hydrogen-bond acceptors (Lipinski definition) is 6. The van der Waals surface area contributed by atoms with E-state index >= 15 is 4.39 Å². The molecule has 0 saturated carbocycles. The van der Waals surface area contributed by atoms with Gasteiger partial charge in [-0.15, -0.1) is 0 Å². The number of halogens is 2. The number of amides is 1. The third kappa shape index (κ3) is 7.95. The summed E-state index contributed by atoms with van der Waals surface area (Å²) >= 11 is 1.42. The largest absolute Gasteiger partial charge is 0.451 e. The maximum atomic E-state index is 16.1. The summed E-state index contributed by atoms with van der Waals surface area (Å²) in [4.78, 5) is 20.0. The number of para-hydroxylation sites is 1. The van der Waals surface area contributed by atoms with Crippen LogP contribution in [0.15, 0.2) is 86.8 Å². The monoisotopic (exact) mass is 580 g/mol. The molecule has 1 fully saturated rings. The number of carbonyl (C=O) groups is 1. The second-order valence-electron chi connectivity index (χ2n) is 10.0. The second kappa shape index (κ2) is 14.8. The summed E-state index contributed by atoms with van der Waals surface area (Å²) in [6.45, 7) is 13.5. The van der Waals surface area contributed by atoms with Gasteiger partial charge in [0, 0.05) is 35.3 Å². The molecule has 1 heterocycles. The van der Waals surface area contributed by atoms with Crippen LogP contribution < -0.4 is 20.7 Å². The van der Waals surface area contributed by atoms with Crippen LogP contribution in [0, 0.1) is 11.6 Å². The van der Waals surface area contributed by atoms with Crippen molar-refractivity contribution < 1.29 is 18.3 Å². The predicted octanol–water partition coefficient (Wildman–Crippen LogP) is 8.10. The first-order valence-corrected chi connectivity index (χ1v) is 14.3. The van der Waals surface area contributed by atoms with Gasteiger partial charge in [-0.1, -0.05) is 35.5 Å². The Kier molecular flexibility index (Phi) is 11.5. The molecule has 41 heavy (non-hydrogen) atoms. The average molecular weight is 581 g/mol. The molecule has 1 saturated heterocycles. The molecule has 1 unspecified atom stereocenters. The van der Waals surface area contributed by atoms with Crippen LogP contribution in [0.4, 0.5) is 20.2 Å². The number of nitrogens with zero attached hydrogens (tertiary/aromatic N) is 2. The standard InChI is InChI=1S/C32H38F2N4O2S/c1-7-23(16-17-36-6)31(20(2)3)41-19-21(4)32(39)37-25-14-15-28(40-27-13-9-8-11-24(27)33)29(34)30(25)38-18-10-12-26(38)22(5)35/h7-9,11,13-17,19,22,26H,6,10,12,18,35H2,1-5H3,(H,37,39)/b17-16-,21-19+,23-7+/t22?,26-/m1/s1. The van der Waals surface area contributed by atoms with Crippen LogP contribution >= 0.6 is 11.8 Å². The zero-order valence-electron chi connectivity index (χ0n) is 24.2. The summed E-state index contributed by atoms with van der Waals surface area (Å²) in [5.41, 5.74) is 9.19. The van der Waals surface area contributed by atoms with Gasteiger partial charge in [0.2, 0.25) is 0 Å². The van der Waals surface area contributed by atoms with E-state index in [9.17, 15) is 9.18 Å². The van der Waals surface area contributed by atoms with E-state index in [0.717, 1.165) is 28.9 Å². The number of hydrogen-bond donors (Lipinski definition) is 2. The maximum absolute atomic E-state index is 16.1. The molecular formula is C32H38F2N4O2S. The second-order valence-corrected chi connectivity index (χ2v) is 10.9. The first kappa shape index (κ1) is 31.8. The van der Waals surface area contributed by atoms with Crippen LogP contribution in [0.1, 0.15) is 47.5 Å². The highest BCUT2D eigenvalue weighted by Crippen LogP contribution is 2.41. The number of ether oxygens (including phenoxy) is 1. The van der Waals surface area contributed by atoms with E-state index in [4.69, 9.17) is 10.5 Å². The zero-order valence-corrected chi connectivity index (χ0v) is 25.0. The minimum Gasteiger partial charge on any atom is -0.451 e. The van der Waals surface area contributed by atoms with Crippen molar-refractivity contribution in [3.05, 3.63) is 93.4 Å². The highest BCUT2D eigenvalue weighted by atomic mass is 32.2. The van der Waals surface area contributed by atoms with Crippen molar-refractivity contribution in [3.63, 3.8) is 0 Å². The van der Waals surface area contributed by atoms with E-state index in [0.29, 0.717) is 12.1 Å². The number of nitrogens with two attached hydrogens (primary N) is 1. The Labute approximate surface area is 245 Å². The molecule has 1 aliphatic rings. The van der Waals surface area contributed by atoms with E-state index in [1.165, 1.54) is 36.0 Å². The van der Waals surface area contributed by atoms with Gasteiger partial charge in [-0.05, 0) is 95.5 Å². The van der Waals surface area contributed by atoms with Crippen molar-refractivity contribution in [2.45, 2.75) is 59.5 Å². The molecule has 1 aliphatic heterocycles. The fourth-order valence-electron chi connectivity index (χ4n) is 4.60. The van der Waals surface area contributed by atoms with Gasteiger partial charge in [-0.3, -0.25) is 9.79 Å². The lowest BCUT2D eigenvalue weighted by Crippen LogP contribution is -2.43. The van der Waals surface area contributed by atoms with Gasteiger partial charge >= 0.3 is 0 Å². The molecule has 3 N–H and O–H groups in total. The first-order chi connectivity index (χ1) is 19.6. The summed E-state index contributed by atoms with van der Waals surface area (Å²) in [5.74, 6) is -1.91. The van der Waals surface area contributed by atoms with E-state index < -0.39 is 11.6 Å². The quantitative estimate of drug-likeness (QED) is 0.159. The average Bonchev–Trinajstić information content (AvgIpc) is 3.42. The molecule has 6 nitrogen and oxygen atoms in total. The highest BCUT2D eigenvalue weighted by Gasteiger charge is 2.33. The molecular weight excluding hydrogens is 542 g/mol. The van der Waals surface area contributed by atoms with Crippen molar-refractivity contribution in [2.75, 3.05) is 16.8 Å². The molecule has 0 aromatic heterocycles. The molecule has 2 atom stereocenters. The van der Waals surface area contributed by atoms with E-state index in [2.05, 4.69) is 17.0 Å². The number of thioether (sulfide) groups is 1. The van der Waals surface area contributed by atoms with Gasteiger partial charge in [0.15, 0.2) is 23.1 Å². The fraction of sp³-hybridized carbons (Fsp3) is 0.312. The van der Waals surface area contributed by atoms with Crippen LogP contribution in [0.25, 0.3) is 0 Å². The van der Waals surface area contributed by atoms with Crippen molar-refractivity contribution in [1.82, 2.24) is 0 Å². The van der Waals surface area contributed by atoms with Gasteiger partial charge in [0.05, 0.1) is 5.69 Å². The Balaban J connectivity index is 1.95. The summed E-state index contributed by atoms with van der Waals surface area (Å²) in [5, 5.41) is 4.65. The smallest absolute Gasteiger partial charge is 0.251 e. The number of allylic oxidation sites excluding steroid dienone is 4. The number of aliphatic imine (C=N–C) groups is 1. The minimum absolute atomic E-state index is 0.0932. The summed E-state index contributed by atoms with van der Waals surface area (Å²) in [6.07, 6.45) is 7.04. The Morgan fingerprint density at radius 2 is 1.95 bits per heavy atom. The third-order valence-corrected chi connectivity index (χ3v) is 8.03. The lowest BCUT2D eigenvalue weighted by Gasteiger charge is -2.32. The maximum Gasteiger partial charge on any atom is 0.251 e. The summed E-state index contributed by atoms with van der Waals surface area (Å²) in [7, 11) is 0. The Bertz CT molecular complexity index is 1390. The zero-order chi connectivity index (χ0) is 30.1. The number of nitrogens with one attached hydrogen (secondary N) is 1. The van der Waals surface area contributed by atoms with Crippen molar-refractivity contribution >= 4 is 35.8 Å². The van der Waals surface area contributed by atoms with E-state index in [1.807, 2.05) is 44.7 Å². The van der Waals surface area contributed by atoms with E-state index in [1.54, 1.807) is 30.7 Å². The molecule has 2 aromatic carbocycles. The molecule has 9 heteroatoms. The van der Waals surface area contributed by atoms with Crippen LogP contribution in [0.2, 0.25) is 0 Å². The topological polar surface area (TPSA) is 80.0 Å². The molecule has 218 valence electrons. The van der Waals surface area contributed by atoms with Gasteiger partial charge in [-0.2, -0.15) is 0 Å². The molecule has 1 amide bonds. The van der Waals surface area contributed by atoms with Crippen LogP contribution in [-0.2, 0) is 4.79 Å². The molecule has 2 aromatic rings.